The van der Waals surface area contributed by atoms with E-state index >= 15 is 0 Å². The van der Waals surface area contributed by atoms with Crippen molar-refractivity contribution < 1.29 is 14.3 Å². The number of methoxy groups -OCH3 is 1. The van der Waals surface area contributed by atoms with Crippen LogP contribution in [-0.2, 0) is 17.8 Å². The van der Waals surface area contributed by atoms with Crippen LogP contribution in [0.4, 0.5) is 5.69 Å². The predicted octanol–water partition coefficient (Wildman–Crippen LogP) is 5.49. The summed E-state index contributed by atoms with van der Waals surface area (Å²) in [5, 5.41) is 2.93. The Hall–Kier alpha value is -3.53. The Morgan fingerprint density at radius 2 is 1.72 bits per heavy atom. The Balaban J connectivity index is 1.65. The average Bonchev–Trinajstić information content (AvgIpc) is 2.77. The van der Waals surface area contributed by atoms with Gasteiger partial charge < -0.3 is 14.8 Å². The molecule has 1 N–H and O–H groups in total. The normalized spacial score (nSPS) is 10.7. The summed E-state index contributed by atoms with van der Waals surface area (Å²) in [6.07, 6.45) is 4.14. The number of ether oxygens (including phenoxy) is 2. The van der Waals surface area contributed by atoms with Gasteiger partial charge in [-0.1, -0.05) is 61.5 Å². The molecule has 29 heavy (non-hydrogen) atoms. The summed E-state index contributed by atoms with van der Waals surface area (Å²) in [5.74, 6) is 1.11. The third-order valence-corrected chi connectivity index (χ3v) is 4.51. The van der Waals surface area contributed by atoms with Gasteiger partial charge in [-0.25, -0.2) is 0 Å². The maximum Gasteiger partial charge on any atom is 0.248 e. The summed E-state index contributed by atoms with van der Waals surface area (Å²) >= 11 is 0. The van der Waals surface area contributed by atoms with Crippen LogP contribution in [0, 0.1) is 0 Å². The first kappa shape index (κ1) is 20.2. The second kappa shape index (κ2) is 10.1. The number of benzene rings is 3. The fourth-order valence-corrected chi connectivity index (χ4v) is 2.94. The summed E-state index contributed by atoms with van der Waals surface area (Å²) in [6, 6.07) is 23.4. The Morgan fingerprint density at radius 3 is 2.48 bits per heavy atom. The number of hydrogen-bond donors (Lipinski definition) is 1. The van der Waals surface area contributed by atoms with E-state index in [4.69, 9.17) is 9.47 Å². The number of rotatable bonds is 8. The Morgan fingerprint density at radius 1 is 0.966 bits per heavy atom. The van der Waals surface area contributed by atoms with Gasteiger partial charge in [-0.05, 0) is 47.4 Å². The van der Waals surface area contributed by atoms with Crippen LogP contribution in [-0.4, -0.2) is 13.0 Å². The zero-order valence-corrected chi connectivity index (χ0v) is 16.7. The first-order chi connectivity index (χ1) is 14.2. The summed E-state index contributed by atoms with van der Waals surface area (Å²) < 4.78 is 11.3. The van der Waals surface area contributed by atoms with Gasteiger partial charge in [0.05, 0.1) is 7.11 Å². The molecule has 0 aliphatic carbocycles. The Bertz CT molecular complexity index is 980. The van der Waals surface area contributed by atoms with Crippen LogP contribution in [0.3, 0.4) is 0 Å². The Labute approximate surface area is 171 Å². The molecule has 148 valence electrons. The number of carbonyl (C=O) groups is 1. The number of para-hydroxylation sites is 1. The molecule has 0 saturated carbocycles. The van der Waals surface area contributed by atoms with Crippen molar-refractivity contribution in [3.05, 3.63) is 95.6 Å². The predicted molar refractivity (Wildman–Crippen MR) is 117 cm³/mol. The summed E-state index contributed by atoms with van der Waals surface area (Å²) in [6.45, 7) is 2.53. The molecule has 0 saturated heterocycles. The topological polar surface area (TPSA) is 47.6 Å². The van der Waals surface area contributed by atoms with Crippen LogP contribution < -0.4 is 14.8 Å². The third-order valence-electron chi connectivity index (χ3n) is 4.51. The van der Waals surface area contributed by atoms with Crippen molar-refractivity contribution in [1.29, 1.82) is 0 Å². The smallest absolute Gasteiger partial charge is 0.248 e. The average molecular weight is 387 g/mol. The molecule has 3 aromatic rings. The fraction of sp³-hybridized carbons (Fsp3) is 0.160. The molecule has 0 spiro atoms. The van der Waals surface area contributed by atoms with Gasteiger partial charge in [0, 0.05) is 11.8 Å². The van der Waals surface area contributed by atoms with Crippen molar-refractivity contribution >= 4 is 17.7 Å². The van der Waals surface area contributed by atoms with E-state index in [0.29, 0.717) is 18.1 Å². The van der Waals surface area contributed by atoms with E-state index in [1.54, 1.807) is 13.2 Å². The zero-order valence-electron chi connectivity index (χ0n) is 16.7. The van der Waals surface area contributed by atoms with Crippen LogP contribution in [0.5, 0.6) is 11.5 Å². The van der Waals surface area contributed by atoms with Crippen molar-refractivity contribution in [2.24, 2.45) is 0 Å². The molecule has 0 aromatic heterocycles. The summed E-state index contributed by atoms with van der Waals surface area (Å²) in [5.41, 5.74) is 3.89. The second-order valence-electron chi connectivity index (χ2n) is 6.52. The van der Waals surface area contributed by atoms with Crippen LogP contribution in [0.25, 0.3) is 6.08 Å². The highest BCUT2D eigenvalue weighted by molar-refractivity contribution is 6.02. The highest BCUT2D eigenvalue weighted by Crippen LogP contribution is 2.29. The van der Waals surface area contributed by atoms with E-state index in [-0.39, 0.29) is 5.91 Å². The van der Waals surface area contributed by atoms with E-state index in [2.05, 4.69) is 12.2 Å². The number of aryl methyl sites for hydroxylation is 1. The molecule has 3 aromatic carbocycles. The minimum Gasteiger partial charge on any atom is -0.493 e. The molecule has 0 aliphatic rings. The standard InChI is InChI=1S/C25H25NO3/c1-3-21-11-7-8-12-22(21)26-25(27)16-14-19-13-15-23(24(17-19)28-2)29-18-20-9-5-4-6-10-20/h4-17H,3,18H2,1-2H3,(H,26,27). The zero-order chi connectivity index (χ0) is 20.5. The molecule has 0 heterocycles. The number of carbonyl (C=O) groups excluding carboxylic acids is 1. The van der Waals surface area contributed by atoms with Gasteiger partial charge in [-0.15, -0.1) is 0 Å². The maximum atomic E-state index is 12.3. The number of anilines is 1. The molecule has 0 radical (unpaired) electrons. The van der Waals surface area contributed by atoms with Crippen molar-refractivity contribution in [2.45, 2.75) is 20.0 Å². The van der Waals surface area contributed by atoms with Crippen LogP contribution in [0.1, 0.15) is 23.6 Å². The molecule has 4 nitrogen and oxygen atoms in total. The Kier molecular flexibility index (Phi) is 7.06. The number of hydrogen-bond acceptors (Lipinski definition) is 3. The number of nitrogens with one attached hydrogen (secondary N) is 1. The molecule has 0 unspecified atom stereocenters. The maximum absolute atomic E-state index is 12.3. The molecule has 0 aliphatic heterocycles. The fourth-order valence-electron chi connectivity index (χ4n) is 2.94. The monoisotopic (exact) mass is 387 g/mol. The second-order valence-corrected chi connectivity index (χ2v) is 6.52. The van der Waals surface area contributed by atoms with Crippen LogP contribution in [0.2, 0.25) is 0 Å². The molecule has 1 amide bonds. The van der Waals surface area contributed by atoms with Gasteiger partial charge >= 0.3 is 0 Å². The minimum atomic E-state index is -0.172. The lowest BCUT2D eigenvalue weighted by Gasteiger charge is -2.11. The van der Waals surface area contributed by atoms with E-state index in [1.807, 2.05) is 72.8 Å². The van der Waals surface area contributed by atoms with Gasteiger partial charge in [-0.2, -0.15) is 0 Å². The van der Waals surface area contributed by atoms with Crippen molar-refractivity contribution in [3.63, 3.8) is 0 Å². The first-order valence-corrected chi connectivity index (χ1v) is 9.61. The highest BCUT2D eigenvalue weighted by atomic mass is 16.5. The lowest BCUT2D eigenvalue weighted by Crippen LogP contribution is -2.09. The van der Waals surface area contributed by atoms with Gasteiger partial charge in [0.15, 0.2) is 11.5 Å². The molecule has 3 rings (SSSR count). The van der Waals surface area contributed by atoms with Gasteiger partial charge in [0.1, 0.15) is 6.61 Å². The highest BCUT2D eigenvalue weighted by Gasteiger charge is 2.06. The van der Waals surface area contributed by atoms with E-state index < -0.39 is 0 Å². The molecular weight excluding hydrogens is 362 g/mol. The molecule has 0 bridgehead atoms. The van der Waals surface area contributed by atoms with Gasteiger partial charge in [0.25, 0.3) is 0 Å². The van der Waals surface area contributed by atoms with Crippen LogP contribution in [0.15, 0.2) is 78.9 Å². The van der Waals surface area contributed by atoms with E-state index in [0.717, 1.165) is 28.8 Å². The molecule has 4 heteroatoms. The molecule has 0 atom stereocenters. The quantitative estimate of drug-likeness (QED) is 0.520. The lowest BCUT2D eigenvalue weighted by atomic mass is 10.1. The summed E-state index contributed by atoms with van der Waals surface area (Å²) in [4.78, 5) is 12.3. The largest absolute Gasteiger partial charge is 0.493 e. The van der Waals surface area contributed by atoms with Crippen molar-refractivity contribution in [1.82, 2.24) is 0 Å². The van der Waals surface area contributed by atoms with Gasteiger partial charge in [-0.3, -0.25) is 4.79 Å². The minimum absolute atomic E-state index is 0.172. The van der Waals surface area contributed by atoms with E-state index in [1.165, 1.54) is 6.08 Å². The summed E-state index contributed by atoms with van der Waals surface area (Å²) in [7, 11) is 1.60. The first-order valence-electron chi connectivity index (χ1n) is 9.61. The lowest BCUT2D eigenvalue weighted by molar-refractivity contribution is -0.111. The van der Waals surface area contributed by atoms with Crippen molar-refractivity contribution in [2.75, 3.05) is 12.4 Å². The number of amides is 1. The van der Waals surface area contributed by atoms with Crippen molar-refractivity contribution in [3.8, 4) is 11.5 Å². The SMILES string of the molecule is CCc1ccccc1NC(=O)C=Cc1ccc(OCc2ccccc2)c(OC)c1. The molecular formula is C25H25NO3. The van der Waals surface area contributed by atoms with E-state index in [9.17, 15) is 4.79 Å². The van der Waals surface area contributed by atoms with Gasteiger partial charge in [0.2, 0.25) is 5.91 Å². The molecule has 0 fully saturated rings. The van der Waals surface area contributed by atoms with Crippen LogP contribution >= 0.6 is 0 Å². The third kappa shape index (κ3) is 5.72.